The van der Waals surface area contributed by atoms with Crippen LogP contribution in [0.25, 0.3) is 0 Å². The lowest BCUT2D eigenvalue weighted by Crippen LogP contribution is -2.58. The summed E-state index contributed by atoms with van der Waals surface area (Å²) in [5.74, 6) is 0. The molecule has 0 spiro atoms. The molecule has 5 atom stereocenters. The van der Waals surface area contributed by atoms with Crippen LogP contribution in [0, 0.1) is 5.41 Å². The van der Waals surface area contributed by atoms with Gasteiger partial charge in [-0.25, -0.2) is 0 Å². The van der Waals surface area contributed by atoms with E-state index in [0.717, 1.165) is 16.7 Å². The van der Waals surface area contributed by atoms with E-state index in [1.807, 2.05) is 91.0 Å². The van der Waals surface area contributed by atoms with Gasteiger partial charge in [0.05, 0.1) is 26.4 Å². The molecule has 0 bridgehead atoms. The zero-order chi connectivity index (χ0) is 23.9. The third-order valence-corrected chi connectivity index (χ3v) is 6.94. The van der Waals surface area contributed by atoms with E-state index in [-0.39, 0.29) is 16.8 Å². The van der Waals surface area contributed by atoms with Crippen LogP contribution in [0.4, 0.5) is 0 Å². The summed E-state index contributed by atoms with van der Waals surface area (Å²) in [4.78, 5) is 0. The van der Waals surface area contributed by atoms with E-state index in [4.69, 9.17) is 29.1 Å². The standard InChI is InChI=1S/C28H29NO5S/c29-28-34-26-25(32-18-22-14-8-3-9-15-22)24(31-17-21-12-6-2-7-13-21)23(33-27(26)35-28)19-30-16-20-10-4-1-5-11-20/h1-15,23-27,29H,16-19H2/t23-,24-,25+,26-,27-/m1/s1. The van der Waals surface area contributed by atoms with E-state index < -0.39 is 18.3 Å². The number of thioether (sulfide) groups is 1. The summed E-state index contributed by atoms with van der Waals surface area (Å²) in [6.07, 6.45) is -1.64. The van der Waals surface area contributed by atoms with Crippen molar-refractivity contribution in [2.24, 2.45) is 0 Å². The molecule has 3 aromatic carbocycles. The summed E-state index contributed by atoms with van der Waals surface area (Å²) in [5, 5.41) is 8.22. The highest BCUT2D eigenvalue weighted by Gasteiger charge is 2.53. The molecular weight excluding hydrogens is 462 g/mol. The first-order valence-electron chi connectivity index (χ1n) is 11.8. The summed E-state index contributed by atoms with van der Waals surface area (Å²) < 4.78 is 31.1. The molecule has 2 fully saturated rings. The minimum atomic E-state index is -0.428. The first kappa shape index (κ1) is 24.0. The predicted molar refractivity (Wildman–Crippen MR) is 135 cm³/mol. The third-order valence-electron chi connectivity index (χ3n) is 6.02. The fourth-order valence-corrected chi connectivity index (χ4v) is 5.20. The molecule has 6 nitrogen and oxygen atoms in total. The summed E-state index contributed by atoms with van der Waals surface area (Å²) in [5.41, 5.74) is 2.88. The zero-order valence-corrected chi connectivity index (χ0v) is 20.1. The van der Waals surface area contributed by atoms with Crippen molar-refractivity contribution in [1.29, 1.82) is 5.41 Å². The highest BCUT2D eigenvalue weighted by Crippen LogP contribution is 2.40. The summed E-state index contributed by atoms with van der Waals surface area (Å²) >= 11 is 1.27. The van der Waals surface area contributed by atoms with Crippen LogP contribution in [0.15, 0.2) is 91.0 Å². The molecule has 35 heavy (non-hydrogen) atoms. The largest absolute Gasteiger partial charge is 0.463 e. The average molecular weight is 492 g/mol. The normalized spacial score (nSPS) is 25.7. The van der Waals surface area contributed by atoms with E-state index in [1.165, 1.54) is 11.8 Å². The van der Waals surface area contributed by atoms with Crippen molar-refractivity contribution < 1.29 is 23.7 Å². The van der Waals surface area contributed by atoms with Crippen LogP contribution in [0.2, 0.25) is 0 Å². The molecule has 182 valence electrons. The van der Waals surface area contributed by atoms with Crippen LogP contribution in [-0.2, 0) is 43.5 Å². The van der Waals surface area contributed by atoms with Crippen LogP contribution >= 0.6 is 11.8 Å². The lowest BCUT2D eigenvalue weighted by molar-refractivity contribution is -0.236. The quantitative estimate of drug-likeness (QED) is 0.422. The minimum Gasteiger partial charge on any atom is -0.463 e. The maximum atomic E-state index is 8.08. The Morgan fingerprint density at radius 3 is 1.77 bits per heavy atom. The van der Waals surface area contributed by atoms with Crippen molar-refractivity contribution in [3.8, 4) is 0 Å². The van der Waals surface area contributed by atoms with Gasteiger partial charge in [-0.15, -0.1) is 0 Å². The minimum absolute atomic E-state index is 0.140. The molecule has 2 aliphatic rings. The van der Waals surface area contributed by atoms with Crippen molar-refractivity contribution >= 4 is 17.0 Å². The third kappa shape index (κ3) is 6.31. The molecule has 0 saturated carbocycles. The Balaban J connectivity index is 1.33. The van der Waals surface area contributed by atoms with Gasteiger partial charge in [-0.1, -0.05) is 91.0 Å². The molecular formula is C28H29NO5S. The summed E-state index contributed by atoms with van der Waals surface area (Å²) in [6.45, 7) is 1.65. The first-order chi connectivity index (χ1) is 17.3. The number of hydrogen-bond acceptors (Lipinski definition) is 7. The lowest BCUT2D eigenvalue weighted by atomic mass is 9.99. The van der Waals surface area contributed by atoms with E-state index in [1.54, 1.807) is 0 Å². The van der Waals surface area contributed by atoms with Gasteiger partial charge in [0.15, 0.2) is 11.5 Å². The summed E-state index contributed by atoms with van der Waals surface area (Å²) in [6, 6.07) is 30.1. The van der Waals surface area contributed by atoms with Crippen LogP contribution in [-0.4, -0.2) is 41.7 Å². The SMILES string of the molecule is N=C1O[C@@H]2[C@@H](OCc3ccccc3)[C@H](OCc3ccccc3)[C@@H](COCc3ccccc3)O[C@@H]2S1. The number of ether oxygens (including phenoxy) is 5. The second-order valence-electron chi connectivity index (χ2n) is 8.55. The number of hydrogen-bond donors (Lipinski definition) is 1. The number of nitrogens with one attached hydrogen (secondary N) is 1. The smallest absolute Gasteiger partial charge is 0.246 e. The van der Waals surface area contributed by atoms with Crippen LogP contribution in [0.3, 0.4) is 0 Å². The number of benzene rings is 3. The molecule has 0 aliphatic carbocycles. The molecule has 5 rings (SSSR count). The maximum absolute atomic E-state index is 8.08. The molecule has 0 aromatic heterocycles. The first-order valence-corrected chi connectivity index (χ1v) is 12.6. The molecule has 3 aromatic rings. The van der Waals surface area contributed by atoms with Crippen molar-refractivity contribution in [3.63, 3.8) is 0 Å². The lowest BCUT2D eigenvalue weighted by Gasteiger charge is -2.42. The fraction of sp³-hybridized carbons (Fsp3) is 0.321. The topological polar surface area (TPSA) is 70.0 Å². The van der Waals surface area contributed by atoms with Gasteiger partial charge in [0.25, 0.3) is 0 Å². The van der Waals surface area contributed by atoms with Gasteiger partial charge >= 0.3 is 0 Å². The van der Waals surface area contributed by atoms with Crippen molar-refractivity contribution in [2.45, 2.75) is 49.7 Å². The fourth-order valence-electron chi connectivity index (χ4n) is 4.28. The molecule has 2 saturated heterocycles. The molecule has 0 radical (unpaired) electrons. The second-order valence-corrected chi connectivity index (χ2v) is 9.62. The van der Waals surface area contributed by atoms with Crippen LogP contribution < -0.4 is 0 Å². The predicted octanol–water partition coefficient (Wildman–Crippen LogP) is 5.17. The summed E-state index contributed by atoms with van der Waals surface area (Å²) in [7, 11) is 0. The molecule has 0 unspecified atom stereocenters. The van der Waals surface area contributed by atoms with Gasteiger partial charge in [-0.2, -0.15) is 0 Å². The molecule has 0 amide bonds. The number of fused-ring (bicyclic) bond motifs is 1. The van der Waals surface area contributed by atoms with Crippen molar-refractivity contribution in [3.05, 3.63) is 108 Å². The van der Waals surface area contributed by atoms with Gasteiger partial charge in [-0.05, 0) is 28.5 Å². The Hall–Kier alpha value is -2.68. The Morgan fingerprint density at radius 2 is 1.20 bits per heavy atom. The van der Waals surface area contributed by atoms with Crippen LogP contribution in [0.5, 0.6) is 0 Å². The van der Waals surface area contributed by atoms with Gasteiger partial charge < -0.3 is 23.7 Å². The Labute approximate surface area is 210 Å². The molecule has 1 N–H and O–H groups in total. The van der Waals surface area contributed by atoms with Crippen molar-refractivity contribution in [2.75, 3.05) is 6.61 Å². The average Bonchev–Trinajstić information content (AvgIpc) is 3.28. The van der Waals surface area contributed by atoms with Gasteiger partial charge in [0.1, 0.15) is 18.3 Å². The van der Waals surface area contributed by atoms with Crippen molar-refractivity contribution in [1.82, 2.24) is 0 Å². The zero-order valence-electron chi connectivity index (χ0n) is 19.3. The van der Waals surface area contributed by atoms with E-state index in [9.17, 15) is 0 Å². The van der Waals surface area contributed by atoms with Gasteiger partial charge in [-0.3, -0.25) is 5.41 Å². The van der Waals surface area contributed by atoms with Gasteiger partial charge in [0, 0.05) is 0 Å². The molecule has 2 aliphatic heterocycles. The highest BCUT2D eigenvalue weighted by molar-refractivity contribution is 8.14. The van der Waals surface area contributed by atoms with E-state index >= 15 is 0 Å². The maximum Gasteiger partial charge on any atom is 0.246 e. The van der Waals surface area contributed by atoms with E-state index in [2.05, 4.69) is 0 Å². The molecule has 2 heterocycles. The molecule has 7 heteroatoms. The highest BCUT2D eigenvalue weighted by atomic mass is 32.2. The Kier molecular flexibility index (Phi) is 8.13. The Bertz CT molecular complexity index is 1070. The van der Waals surface area contributed by atoms with E-state index in [0.29, 0.717) is 26.4 Å². The number of rotatable bonds is 10. The second kappa shape index (κ2) is 11.8. The van der Waals surface area contributed by atoms with Crippen LogP contribution in [0.1, 0.15) is 16.7 Å². The van der Waals surface area contributed by atoms with Gasteiger partial charge in [0.2, 0.25) is 5.23 Å². The monoisotopic (exact) mass is 491 g/mol. The Morgan fingerprint density at radius 1 is 0.686 bits per heavy atom.